The lowest BCUT2D eigenvalue weighted by Gasteiger charge is -2.10. The van der Waals surface area contributed by atoms with E-state index in [0.717, 1.165) is 11.1 Å². The number of hydrogen-bond acceptors (Lipinski definition) is 4. The van der Waals surface area contributed by atoms with Gasteiger partial charge < -0.3 is 0 Å². The molecule has 3 heterocycles. The fraction of sp³-hybridized carbons (Fsp3) is 0. The van der Waals surface area contributed by atoms with E-state index < -0.39 is 11.6 Å². The summed E-state index contributed by atoms with van der Waals surface area (Å²) in [4.78, 5) is 7.97. The largest absolute Gasteiger partial charge is 0.265 e. The summed E-state index contributed by atoms with van der Waals surface area (Å²) >= 11 is 0. The number of rotatable bonds is 3. The maximum Gasteiger partial charge on any atom is 0.149 e. The number of hydrogen-bond donors (Lipinski definition) is 0. The molecule has 0 aliphatic carbocycles. The Balaban J connectivity index is 1.89. The van der Waals surface area contributed by atoms with Gasteiger partial charge in [-0.2, -0.15) is 5.10 Å². The molecule has 3 aromatic heterocycles. The average Bonchev–Trinajstić information content (AvgIpc) is 2.70. The standard InChI is InChI=1S/C20H12F2N4/c21-17-4-3-14(12-16(17)20-18(22)2-1-8-24-20)15-7-11-25-26-19(15)13-5-9-23-10-6-13/h1-12H. The van der Waals surface area contributed by atoms with E-state index in [-0.39, 0.29) is 11.3 Å². The highest BCUT2D eigenvalue weighted by atomic mass is 19.1. The van der Waals surface area contributed by atoms with E-state index in [1.54, 1.807) is 36.8 Å². The van der Waals surface area contributed by atoms with Crippen molar-refractivity contribution in [3.05, 3.63) is 85.0 Å². The predicted octanol–water partition coefficient (Wildman–Crippen LogP) is 4.55. The molecule has 0 aliphatic heterocycles. The molecular formula is C20H12F2N4. The first-order chi connectivity index (χ1) is 12.7. The Morgan fingerprint density at radius 3 is 2.31 bits per heavy atom. The van der Waals surface area contributed by atoms with E-state index in [2.05, 4.69) is 20.2 Å². The van der Waals surface area contributed by atoms with Crippen LogP contribution >= 0.6 is 0 Å². The average molecular weight is 346 g/mol. The van der Waals surface area contributed by atoms with E-state index >= 15 is 0 Å². The lowest BCUT2D eigenvalue weighted by molar-refractivity contribution is 0.611. The van der Waals surface area contributed by atoms with Crippen LogP contribution in [0, 0.1) is 11.6 Å². The van der Waals surface area contributed by atoms with Crippen molar-refractivity contribution in [1.29, 1.82) is 0 Å². The molecule has 4 nitrogen and oxygen atoms in total. The maximum absolute atomic E-state index is 14.3. The molecule has 126 valence electrons. The van der Waals surface area contributed by atoms with Crippen LogP contribution in [0.5, 0.6) is 0 Å². The molecule has 1 aromatic carbocycles. The second-order valence-corrected chi connectivity index (χ2v) is 5.56. The second-order valence-electron chi connectivity index (χ2n) is 5.56. The van der Waals surface area contributed by atoms with Gasteiger partial charge in [0.15, 0.2) is 0 Å². The molecule has 0 fully saturated rings. The number of halogens is 2. The molecule has 0 atom stereocenters. The Morgan fingerprint density at radius 1 is 0.654 bits per heavy atom. The summed E-state index contributed by atoms with van der Waals surface area (Å²) in [5.41, 5.74) is 2.97. The van der Waals surface area contributed by atoms with Crippen LogP contribution < -0.4 is 0 Å². The first kappa shape index (κ1) is 16.0. The first-order valence-electron chi connectivity index (χ1n) is 7.87. The molecule has 0 saturated heterocycles. The molecular weight excluding hydrogens is 334 g/mol. The van der Waals surface area contributed by atoms with Crippen LogP contribution in [0.3, 0.4) is 0 Å². The van der Waals surface area contributed by atoms with Crippen LogP contribution in [-0.4, -0.2) is 20.2 Å². The fourth-order valence-electron chi connectivity index (χ4n) is 2.75. The molecule has 0 spiro atoms. The van der Waals surface area contributed by atoms with Gasteiger partial charge in [-0.05, 0) is 48.0 Å². The van der Waals surface area contributed by atoms with Gasteiger partial charge in [0.1, 0.15) is 23.0 Å². The van der Waals surface area contributed by atoms with Crippen LogP contribution in [0.15, 0.2) is 73.3 Å². The van der Waals surface area contributed by atoms with E-state index in [1.165, 1.54) is 24.4 Å². The molecule has 4 aromatic rings. The summed E-state index contributed by atoms with van der Waals surface area (Å²) in [6.45, 7) is 0. The van der Waals surface area contributed by atoms with Crippen molar-refractivity contribution >= 4 is 0 Å². The van der Waals surface area contributed by atoms with E-state index in [0.29, 0.717) is 11.3 Å². The lowest BCUT2D eigenvalue weighted by atomic mass is 9.97. The highest BCUT2D eigenvalue weighted by Crippen LogP contribution is 2.33. The van der Waals surface area contributed by atoms with Crippen molar-refractivity contribution in [3.8, 4) is 33.6 Å². The first-order valence-corrected chi connectivity index (χ1v) is 7.87. The van der Waals surface area contributed by atoms with Crippen molar-refractivity contribution < 1.29 is 8.78 Å². The molecule has 0 N–H and O–H groups in total. The van der Waals surface area contributed by atoms with Gasteiger partial charge in [-0.1, -0.05) is 6.07 Å². The predicted molar refractivity (Wildman–Crippen MR) is 93.8 cm³/mol. The third kappa shape index (κ3) is 2.93. The van der Waals surface area contributed by atoms with Crippen molar-refractivity contribution in [2.75, 3.05) is 0 Å². The third-order valence-electron chi connectivity index (χ3n) is 3.97. The van der Waals surface area contributed by atoms with E-state index in [9.17, 15) is 8.78 Å². The van der Waals surface area contributed by atoms with Gasteiger partial charge in [-0.15, -0.1) is 5.10 Å². The van der Waals surface area contributed by atoms with Gasteiger partial charge >= 0.3 is 0 Å². The number of pyridine rings is 2. The lowest BCUT2D eigenvalue weighted by Crippen LogP contribution is -1.95. The quantitative estimate of drug-likeness (QED) is 0.546. The zero-order valence-electron chi connectivity index (χ0n) is 13.5. The van der Waals surface area contributed by atoms with Gasteiger partial charge in [-0.3, -0.25) is 9.97 Å². The van der Waals surface area contributed by atoms with Gasteiger partial charge in [0, 0.05) is 35.3 Å². The van der Waals surface area contributed by atoms with E-state index in [1.807, 2.05) is 12.1 Å². The van der Waals surface area contributed by atoms with Crippen LogP contribution in [0.25, 0.3) is 33.6 Å². The minimum atomic E-state index is -0.578. The molecule has 0 radical (unpaired) electrons. The number of nitrogens with zero attached hydrogens (tertiary/aromatic N) is 4. The summed E-state index contributed by atoms with van der Waals surface area (Å²) in [5, 5.41) is 8.15. The van der Waals surface area contributed by atoms with Crippen molar-refractivity contribution in [2.45, 2.75) is 0 Å². The molecule has 0 unspecified atom stereocenters. The van der Waals surface area contributed by atoms with Gasteiger partial charge in [0.25, 0.3) is 0 Å². The summed E-state index contributed by atoms with van der Waals surface area (Å²) in [6.07, 6.45) is 6.31. The van der Waals surface area contributed by atoms with Crippen LogP contribution in [0.2, 0.25) is 0 Å². The molecule has 6 heteroatoms. The highest BCUT2D eigenvalue weighted by Gasteiger charge is 2.15. The van der Waals surface area contributed by atoms with Crippen molar-refractivity contribution in [2.24, 2.45) is 0 Å². The van der Waals surface area contributed by atoms with Gasteiger partial charge in [-0.25, -0.2) is 8.78 Å². The van der Waals surface area contributed by atoms with Gasteiger partial charge in [0.05, 0.1) is 6.20 Å². The fourth-order valence-corrected chi connectivity index (χ4v) is 2.75. The summed E-state index contributed by atoms with van der Waals surface area (Å²) in [6, 6.07) is 12.6. The zero-order valence-corrected chi connectivity index (χ0v) is 13.5. The Labute approximate surface area is 148 Å². The number of aromatic nitrogens is 4. The van der Waals surface area contributed by atoms with Crippen LogP contribution in [0.1, 0.15) is 0 Å². The molecule has 0 saturated carbocycles. The Morgan fingerprint density at radius 2 is 1.50 bits per heavy atom. The molecule has 0 bridgehead atoms. The maximum atomic E-state index is 14.3. The minimum absolute atomic E-state index is 0.0284. The van der Waals surface area contributed by atoms with E-state index in [4.69, 9.17) is 0 Å². The van der Waals surface area contributed by atoms with Crippen LogP contribution in [-0.2, 0) is 0 Å². The SMILES string of the molecule is Fc1ccc(-c2ccnnc2-c2ccncc2)cc1-c1ncccc1F. The van der Waals surface area contributed by atoms with Crippen molar-refractivity contribution in [3.63, 3.8) is 0 Å². The topological polar surface area (TPSA) is 51.6 Å². The monoisotopic (exact) mass is 346 g/mol. The Bertz CT molecular complexity index is 1070. The van der Waals surface area contributed by atoms with Crippen LogP contribution in [0.4, 0.5) is 8.78 Å². The minimum Gasteiger partial charge on any atom is -0.265 e. The Kier molecular flexibility index (Phi) is 4.15. The summed E-state index contributed by atoms with van der Waals surface area (Å²) in [7, 11) is 0. The third-order valence-corrected chi connectivity index (χ3v) is 3.97. The highest BCUT2D eigenvalue weighted by molar-refractivity contribution is 5.82. The molecule has 26 heavy (non-hydrogen) atoms. The van der Waals surface area contributed by atoms with Crippen molar-refractivity contribution in [1.82, 2.24) is 20.2 Å². The summed E-state index contributed by atoms with van der Waals surface area (Å²) in [5.74, 6) is -1.12. The summed E-state index contributed by atoms with van der Waals surface area (Å²) < 4.78 is 28.4. The smallest absolute Gasteiger partial charge is 0.149 e. The molecule has 0 amide bonds. The number of benzene rings is 1. The zero-order chi connectivity index (χ0) is 17.9. The normalized spacial score (nSPS) is 10.7. The second kappa shape index (κ2) is 6.76. The Hall–Kier alpha value is -3.54. The molecule has 4 rings (SSSR count). The molecule has 0 aliphatic rings. The van der Waals surface area contributed by atoms with Gasteiger partial charge in [0.2, 0.25) is 0 Å².